The molecular weight excluding hydrogens is 268 g/mol. The Morgan fingerprint density at radius 2 is 1.75 bits per heavy atom. The molecule has 0 aliphatic heterocycles. The number of aryl methyl sites for hydroxylation is 1. The van der Waals surface area contributed by atoms with Crippen molar-refractivity contribution in [2.24, 2.45) is 5.73 Å². The Bertz CT molecular complexity index is 663. The van der Waals surface area contributed by atoms with Crippen molar-refractivity contribution in [3.63, 3.8) is 0 Å². The number of hydrogen-bond acceptors (Lipinski definition) is 2. The van der Waals surface area contributed by atoms with Crippen molar-refractivity contribution in [1.82, 2.24) is 0 Å². The summed E-state index contributed by atoms with van der Waals surface area (Å²) in [5.41, 5.74) is 9.81. The van der Waals surface area contributed by atoms with Gasteiger partial charge in [0.2, 0.25) is 0 Å². The molecule has 0 heterocycles. The molecule has 3 N–H and O–H groups in total. The molecule has 20 heavy (non-hydrogen) atoms. The number of carbonyl (C=O) groups is 1. The second-order valence-corrected chi connectivity index (χ2v) is 5.08. The Balaban J connectivity index is 2.19. The van der Waals surface area contributed by atoms with Gasteiger partial charge in [0.05, 0.1) is 0 Å². The minimum atomic E-state index is -0.116. The molecule has 0 aliphatic carbocycles. The van der Waals surface area contributed by atoms with Gasteiger partial charge in [-0.1, -0.05) is 24.4 Å². The number of amides is 1. The summed E-state index contributed by atoms with van der Waals surface area (Å²) in [6.45, 7) is 3.93. The molecule has 1 amide bonds. The maximum atomic E-state index is 12.2. The average molecular weight is 284 g/mol. The van der Waals surface area contributed by atoms with Crippen LogP contribution in [0.5, 0.6) is 0 Å². The number of nitrogens with one attached hydrogen (secondary N) is 1. The Morgan fingerprint density at radius 1 is 1.10 bits per heavy atom. The van der Waals surface area contributed by atoms with E-state index in [0.29, 0.717) is 10.6 Å². The summed E-state index contributed by atoms with van der Waals surface area (Å²) >= 11 is 4.89. The zero-order chi connectivity index (χ0) is 14.7. The van der Waals surface area contributed by atoms with Crippen molar-refractivity contribution in [2.75, 3.05) is 5.32 Å². The Labute approximate surface area is 123 Å². The van der Waals surface area contributed by atoms with Crippen molar-refractivity contribution in [3.8, 4) is 0 Å². The van der Waals surface area contributed by atoms with Crippen LogP contribution in [0.15, 0.2) is 42.5 Å². The molecule has 4 heteroatoms. The highest BCUT2D eigenvalue weighted by molar-refractivity contribution is 7.80. The molecule has 2 aromatic rings. The zero-order valence-electron chi connectivity index (χ0n) is 11.4. The second kappa shape index (κ2) is 5.84. The normalized spacial score (nSPS) is 10.1. The fourth-order valence-corrected chi connectivity index (χ4v) is 2.05. The summed E-state index contributed by atoms with van der Waals surface area (Å²) in [5, 5.41) is 2.87. The lowest BCUT2D eigenvalue weighted by molar-refractivity contribution is 0.102. The van der Waals surface area contributed by atoms with Crippen molar-refractivity contribution in [3.05, 3.63) is 64.7 Å². The molecular formula is C16H16N2OS. The van der Waals surface area contributed by atoms with Crippen LogP contribution >= 0.6 is 12.2 Å². The van der Waals surface area contributed by atoms with Gasteiger partial charge in [-0.2, -0.15) is 0 Å². The van der Waals surface area contributed by atoms with Crippen molar-refractivity contribution >= 4 is 28.8 Å². The van der Waals surface area contributed by atoms with Crippen LogP contribution in [-0.2, 0) is 0 Å². The third kappa shape index (κ3) is 3.03. The Hall–Kier alpha value is -2.20. The van der Waals surface area contributed by atoms with Crippen LogP contribution in [-0.4, -0.2) is 10.9 Å². The van der Waals surface area contributed by atoms with Gasteiger partial charge in [0.1, 0.15) is 4.99 Å². The maximum Gasteiger partial charge on any atom is 0.255 e. The van der Waals surface area contributed by atoms with E-state index in [2.05, 4.69) is 5.32 Å². The number of anilines is 1. The first kappa shape index (κ1) is 14.2. The first-order valence-electron chi connectivity index (χ1n) is 6.26. The smallest absolute Gasteiger partial charge is 0.255 e. The Kier molecular flexibility index (Phi) is 4.15. The summed E-state index contributed by atoms with van der Waals surface area (Å²) in [5.74, 6) is -0.116. The maximum absolute atomic E-state index is 12.2. The molecule has 0 aromatic heterocycles. The molecule has 102 valence electrons. The summed E-state index contributed by atoms with van der Waals surface area (Å²) in [6, 6.07) is 12.9. The first-order chi connectivity index (χ1) is 9.49. The van der Waals surface area contributed by atoms with E-state index in [-0.39, 0.29) is 5.91 Å². The van der Waals surface area contributed by atoms with E-state index in [9.17, 15) is 4.79 Å². The number of benzene rings is 2. The molecule has 0 spiro atoms. The lowest BCUT2D eigenvalue weighted by Gasteiger charge is -2.10. The number of carbonyl (C=O) groups excluding carboxylic acids is 1. The lowest BCUT2D eigenvalue weighted by Crippen LogP contribution is -2.14. The molecule has 0 unspecified atom stereocenters. The van der Waals surface area contributed by atoms with Gasteiger partial charge in [0, 0.05) is 16.8 Å². The minimum Gasteiger partial charge on any atom is -0.389 e. The van der Waals surface area contributed by atoms with Gasteiger partial charge in [0.25, 0.3) is 5.91 Å². The topological polar surface area (TPSA) is 55.1 Å². The summed E-state index contributed by atoms with van der Waals surface area (Å²) < 4.78 is 0. The largest absolute Gasteiger partial charge is 0.389 e. The van der Waals surface area contributed by atoms with E-state index in [4.69, 9.17) is 18.0 Å². The number of thiocarbonyl (C=S) groups is 1. The Morgan fingerprint density at radius 3 is 2.35 bits per heavy atom. The molecule has 2 aromatic carbocycles. The molecule has 0 bridgehead atoms. The van der Waals surface area contributed by atoms with E-state index in [0.717, 1.165) is 22.4 Å². The molecule has 0 saturated carbocycles. The average Bonchev–Trinajstić information content (AvgIpc) is 2.42. The number of hydrogen-bond donors (Lipinski definition) is 2. The summed E-state index contributed by atoms with van der Waals surface area (Å²) in [4.78, 5) is 12.6. The standard InChI is InChI=1S/C16H16N2OS/c1-10-4-3-5-14(11(10)2)16(19)18-13-8-6-12(7-9-13)15(17)20/h3-9H,1-2H3,(H2,17,20)(H,18,19). The second-order valence-electron chi connectivity index (χ2n) is 4.64. The van der Waals surface area contributed by atoms with Gasteiger partial charge in [0.15, 0.2) is 0 Å². The van der Waals surface area contributed by atoms with Crippen LogP contribution in [0.3, 0.4) is 0 Å². The van der Waals surface area contributed by atoms with Crippen LogP contribution in [0.1, 0.15) is 27.0 Å². The van der Waals surface area contributed by atoms with Gasteiger partial charge in [-0.25, -0.2) is 0 Å². The van der Waals surface area contributed by atoms with E-state index in [1.165, 1.54) is 0 Å². The van der Waals surface area contributed by atoms with Gasteiger partial charge in [-0.15, -0.1) is 0 Å². The van der Waals surface area contributed by atoms with Crippen molar-refractivity contribution in [2.45, 2.75) is 13.8 Å². The highest BCUT2D eigenvalue weighted by atomic mass is 32.1. The van der Waals surface area contributed by atoms with Crippen molar-refractivity contribution < 1.29 is 4.79 Å². The van der Waals surface area contributed by atoms with Crippen molar-refractivity contribution in [1.29, 1.82) is 0 Å². The molecule has 0 atom stereocenters. The lowest BCUT2D eigenvalue weighted by atomic mass is 10.0. The van der Waals surface area contributed by atoms with Gasteiger partial charge < -0.3 is 11.1 Å². The number of rotatable bonds is 3. The molecule has 0 aliphatic rings. The number of nitrogens with two attached hydrogens (primary N) is 1. The fraction of sp³-hybridized carbons (Fsp3) is 0.125. The highest BCUT2D eigenvalue weighted by Crippen LogP contribution is 2.16. The SMILES string of the molecule is Cc1cccc(C(=O)Nc2ccc(C(N)=S)cc2)c1C. The van der Waals surface area contributed by atoms with Crippen LogP contribution in [0.4, 0.5) is 5.69 Å². The molecule has 0 saturated heterocycles. The van der Waals surface area contributed by atoms with E-state index in [1.807, 2.05) is 32.0 Å². The fourth-order valence-electron chi connectivity index (χ4n) is 1.91. The molecule has 0 fully saturated rings. The van der Waals surface area contributed by atoms with Gasteiger partial charge in [-0.3, -0.25) is 4.79 Å². The third-order valence-corrected chi connectivity index (χ3v) is 3.51. The predicted molar refractivity (Wildman–Crippen MR) is 86.2 cm³/mol. The monoisotopic (exact) mass is 284 g/mol. The quantitative estimate of drug-likeness (QED) is 0.851. The molecule has 2 rings (SSSR count). The summed E-state index contributed by atoms with van der Waals surface area (Å²) in [6.07, 6.45) is 0. The summed E-state index contributed by atoms with van der Waals surface area (Å²) in [7, 11) is 0. The minimum absolute atomic E-state index is 0.116. The molecule has 0 radical (unpaired) electrons. The molecule has 3 nitrogen and oxygen atoms in total. The van der Waals surface area contributed by atoms with Crippen LogP contribution < -0.4 is 11.1 Å². The zero-order valence-corrected chi connectivity index (χ0v) is 12.3. The van der Waals surface area contributed by atoms with Crippen LogP contribution in [0.2, 0.25) is 0 Å². The van der Waals surface area contributed by atoms with E-state index >= 15 is 0 Å². The first-order valence-corrected chi connectivity index (χ1v) is 6.67. The van der Waals surface area contributed by atoms with Gasteiger partial charge >= 0.3 is 0 Å². The predicted octanol–water partition coefficient (Wildman–Crippen LogP) is 3.19. The third-order valence-electron chi connectivity index (χ3n) is 3.28. The highest BCUT2D eigenvalue weighted by Gasteiger charge is 2.10. The van der Waals surface area contributed by atoms with E-state index < -0.39 is 0 Å². The van der Waals surface area contributed by atoms with Gasteiger partial charge in [-0.05, 0) is 55.3 Å². The van der Waals surface area contributed by atoms with Crippen LogP contribution in [0.25, 0.3) is 0 Å². The van der Waals surface area contributed by atoms with E-state index in [1.54, 1.807) is 24.3 Å². The van der Waals surface area contributed by atoms with Crippen LogP contribution in [0, 0.1) is 13.8 Å².